The molecule has 1 aliphatic heterocycles. The second kappa shape index (κ2) is 8.74. The van der Waals surface area contributed by atoms with Gasteiger partial charge in [0, 0.05) is 34.9 Å². The Morgan fingerprint density at radius 1 is 0.912 bits per heavy atom. The molecule has 176 valence electrons. The molecule has 0 amide bonds. The lowest BCUT2D eigenvalue weighted by Gasteiger charge is -2.32. The maximum absolute atomic E-state index is 13.1. The molecular weight excluding hydrogens is 436 g/mol. The summed E-state index contributed by atoms with van der Waals surface area (Å²) in [5.41, 5.74) is 3.17. The Morgan fingerprint density at radius 2 is 1.71 bits per heavy atom. The van der Waals surface area contributed by atoms with Gasteiger partial charge < -0.3 is 24.3 Å². The normalized spacial score (nSPS) is 16.9. The zero-order chi connectivity index (χ0) is 23.8. The molecule has 1 unspecified atom stereocenters. The number of allylic oxidation sites excluding steroid dienone is 2. The van der Waals surface area contributed by atoms with E-state index in [-0.39, 0.29) is 5.78 Å². The molecule has 2 aromatic carbocycles. The lowest BCUT2D eigenvalue weighted by Crippen LogP contribution is -2.31. The molecule has 5 rings (SSSR count). The Kier molecular flexibility index (Phi) is 5.61. The van der Waals surface area contributed by atoms with E-state index >= 15 is 0 Å². The van der Waals surface area contributed by atoms with E-state index in [1.807, 2.05) is 36.4 Å². The van der Waals surface area contributed by atoms with Crippen molar-refractivity contribution in [2.75, 3.05) is 33.8 Å². The largest absolute Gasteiger partial charge is 0.497 e. The summed E-state index contributed by atoms with van der Waals surface area (Å²) in [5, 5.41) is 8.18. The summed E-state index contributed by atoms with van der Waals surface area (Å²) in [6.45, 7) is 0. The van der Waals surface area contributed by atoms with Crippen molar-refractivity contribution in [1.29, 1.82) is 0 Å². The Morgan fingerprint density at radius 3 is 2.44 bits per heavy atom. The minimum atomic E-state index is -0.471. The van der Waals surface area contributed by atoms with Gasteiger partial charge in [0.15, 0.2) is 23.1 Å². The van der Waals surface area contributed by atoms with Gasteiger partial charge >= 0.3 is 0 Å². The van der Waals surface area contributed by atoms with Crippen molar-refractivity contribution in [3.63, 3.8) is 0 Å². The van der Waals surface area contributed by atoms with Gasteiger partial charge in [0.05, 0.1) is 28.4 Å². The first-order valence-corrected chi connectivity index (χ1v) is 11.0. The van der Waals surface area contributed by atoms with Crippen LogP contribution in [0.4, 0.5) is 5.95 Å². The van der Waals surface area contributed by atoms with E-state index in [1.165, 1.54) is 0 Å². The molecule has 0 spiro atoms. The van der Waals surface area contributed by atoms with Crippen LogP contribution in [-0.2, 0) is 4.79 Å². The molecule has 9 nitrogen and oxygen atoms in total. The van der Waals surface area contributed by atoms with Crippen LogP contribution in [0.5, 0.6) is 23.0 Å². The van der Waals surface area contributed by atoms with Crippen LogP contribution in [0.25, 0.3) is 11.4 Å². The van der Waals surface area contributed by atoms with E-state index in [4.69, 9.17) is 29.0 Å². The summed E-state index contributed by atoms with van der Waals surface area (Å²) in [6.07, 6.45) is 2.07. The maximum Gasteiger partial charge on any atom is 0.226 e. The van der Waals surface area contributed by atoms with Crippen LogP contribution in [0.3, 0.4) is 0 Å². The van der Waals surface area contributed by atoms with Gasteiger partial charge in [-0.3, -0.25) is 4.79 Å². The number of aromatic nitrogens is 3. The second-order valence-corrected chi connectivity index (χ2v) is 8.08. The summed E-state index contributed by atoms with van der Waals surface area (Å²) < 4.78 is 23.6. The lowest BCUT2D eigenvalue weighted by atomic mass is 9.85. The molecule has 1 N–H and O–H groups in total. The van der Waals surface area contributed by atoms with Crippen molar-refractivity contribution in [3.8, 4) is 34.4 Å². The highest BCUT2D eigenvalue weighted by atomic mass is 16.5. The van der Waals surface area contributed by atoms with Crippen LogP contribution in [0.15, 0.2) is 47.7 Å². The van der Waals surface area contributed by atoms with Gasteiger partial charge in [0.2, 0.25) is 5.95 Å². The van der Waals surface area contributed by atoms with Crippen LogP contribution in [0, 0.1) is 0 Å². The Balaban J connectivity index is 1.67. The van der Waals surface area contributed by atoms with E-state index in [0.717, 1.165) is 29.7 Å². The number of benzene rings is 2. The minimum Gasteiger partial charge on any atom is -0.497 e. The molecule has 0 bridgehead atoms. The summed E-state index contributed by atoms with van der Waals surface area (Å²) in [4.78, 5) is 17.9. The molecule has 0 saturated heterocycles. The molecule has 1 atom stereocenters. The van der Waals surface area contributed by atoms with E-state index in [2.05, 4.69) is 5.32 Å². The van der Waals surface area contributed by atoms with E-state index in [0.29, 0.717) is 46.8 Å². The van der Waals surface area contributed by atoms with E-state index in [9.17, 15) is 4.79 Å². The number of ether oxygens (including phenoxy) is 4. The molecule has 3 aromatic rings. The molecule has 1 aliphatic carbocycles. The van der Waals surface area contributed by atoms with Crippen LogP contribution in [0.2, 0.25) is 0 Å². The molecule has 0 saturated carbocycles. The summed E-state index contributed by atoms with van der Waals surface area (Å²) in [5.74, 6) is 3.67. The van der Waals surface area contributed by atoms with Gasteiger partial charge in [-0.05, 0) is 43.2 Å². The fourth-order valence-corrected chi connectivity index (χ4v) is 4.59. The first kappa shape index (κ1) is 21.8. The third-order valence-electron chi connectivity index (χ3n) is 6.25. The Labute approximate surface area is 197 Å². The van der Waals surface area contributed by atoms with Crippen molar-refractivity contribution < 1.29 is 23.7 Å². The number of methoxy groups -OCH3 is 4. The Hall–Kier alpha value is -4.01. The number of carbonyl (C=O) groups excluding carboxylic acids is 1. The molecule has 0 radical (unpaired) electrons. The van der Waals surface area contributed by atoms with Crippen LogP contribution >= 0.6 is 0 Å². The summed E-state index contributed by atoms with van der Waals surface area (Å²) in [7, 11) is 6.39. The predicted octanol–water partition coefficient (Wildman–Crippen LogP) is 4.00. The van der Waals surface area contributed by atoms with Crippen molar-refractivity contribution in [2.45, 2.75) is 25.3 Å². The number of carbonyl (C=O) groups is 1. The van der Waals surface area contributed by atoms with Gasteiger partial charge in [-0.2, -0.15) is 4.98 Å². The smallest absolute Gasteiger partial charge is 0.226 e. The zero-order valence-electron chi connectivity index (χ0n) is 19.5. The van der Waals surface area contributed by atoms with Crippen LogP contribution in [0.1, 0.15) is 30.9 Å². The van der Waals surface area contributed by atoms with Crippen LogP contribution < -0.4 is 24.3 Å². The highest BCUT2D eigenvalue weighted by Gasteiger charge is 2.38. The van der Waals surface area contributed by atoms with E-state index < -0.39 is 6.04 Å². The minimum absolute atomic E-state index is 0.102. The number of hydrogen-bond acceptors (Lipinski definition) is 8. The average Bonchev–Trinajstić information content (AvgIpc) is 3.30. The number of anilines is 1. The fraction of sp³-hybridized carbons (Fsp3) is 0.320. The number of Topliss-reactive ketones (excluding diaryl/α,β-unsaturated/α-hetero) is 1. The van der Waals surface area contributed by atoms with Crippen molar-refractivity contribution in [3.05, 3.63) is 53.2 Å². The topological polar surface area (TPSA) is 96.7 Å². The number of ketones is 1. The van der Waals surface area contributed by atoms with Gasteiger partial charge in [-0.15, -0.1) is 5.10 Å². The summed E-state index contributed by atoms with van der Waals surface area (Å²) >= 11 is 0. The number of nitrogens with one attached hydrogen (secondary N) is 1. The van der Waals surface area contributed by atoms with E-state index in [1.54, 1.807) is 33.1 Å². The molecular formula is C25H26N4O5. The SMILES string of the molecule is COc1ccc(C2C3=C(CCCC3=O)Nc3nc(-c4ccc(OC)c(OC)c4)nn32)c(OC)c1. The maximum atomic E-state index is 13.1. The third-order valence-corrected chi connectivity index (χ3v) is 6.25. The third kappa shape index (κ3) is 3.53. The van der Waals surface area contributed by atoms with Crippen molar-refractivity contribution >= 4 is 11.7 Å². The first-order valence-electron chi connectivity index (χ1n) is 11.0. The standard InChI is InChI=1S/C25H26N4O5/c1-31-15-9-10-16(20(13-15)33-3)23-22-17(6-5-7-18(22)30)26-25-27-24(28-29(23)25)14-8-11-19(32-2)21(12-14)34-4/h8-13,23H,5-7H2,1-4H3,(H,26,27,28). The second-order valence-electron chi connectivity index (χ2n) is 8.08. The summed E-state index contributed by atoms with van der Waals surface area (Å²) in [6, 6.07) is 10.7. The number of rotatable bonds is 6. The molecule has 1 aromatic heterocycles. The Bertz CT molecular complexity index is 1300. The van der Waals surface area contributed by atoms with Gasteiger partial charge in [0.25, 0.3) is 0 Å². The fourth-order valence-electron chi connectivity index (χ4n) is 4.59. The molecule has 2 heterocycles. The highest BCUT2D eigenvalue weighted by molar-refractivity contribution is 5.99. The first-order chi connectivity index (χ1) is 16.6. The molecule has 9 heteroatoms. The van der Waals surface area contributed by atoms with Gasteiger partial charge in [-0.1, -0.05) is 0 Å². The van der Waals surface area contributed by atoms with Gasteiger partial charge in [-0.25, -0.2) is 4.68 Å². The molecule has 2 aliphatic rings. The quantitative estimate of drug-likeness (QED) is 0.587. The highest BCUT2D eigenvalue weighted by Crippen LogP contribution is 2.44. The zero-order valence-corrected chi connectivity index (χ0v) is 19.5. The molecule has 0 fully saturated rings. The van der Waals surface area contributed by atoms with Crippen molar-refractivity contribution in [2.24, 2.45) is 0 Å². The van der Waals surface area contributed by atoms with Crippen molar-refractivity contribution in [1.82, 2.24) is 14.8 Å². The lowest BCUT2D eigenvalue weighted by molar-refractivity contribution is -0.116. The monoisotopic (exact) mass is 462 g/mol. The number of nitrogens with zero attached hydrogens (tertiary/aromatic N) is 3. The molecule has 34 heavy (non-hydrogen) atoms. The van der Waals surface area contributed by atoms with Crippen LogP contribution in [-0.4, -0.2) is 49.0 Å². The number of hydrogen-bond donors (Lipinski definition) is 1. The number of fused-ring (bicyclic) bond motifs is 1. The predicted molar refractivity (Wildman–Crippen MR) is 126 cm³/mol. The van der Waals surface area contributed by atoms with Gasteiger partial charge in [0.1, 0.15) is 17.5 Å². The average molecular weight is 463 g/mol.